The van der Waals surface area contributed by atoms with Crippen LogP contribution in [0.3, 0.4) is 0 Å². The van der Waals surface area contributed by atoms with Crippen LogP contribution in [0.25, 0.3) is 0 Å². The second-order valence-electron chi connectivity index (χ2n) is 4.55. The third-order valence-corrected chi connectivity index (χ3v) is 2.96. The fraction of sp³-hybridized carbons (Fsp3) is 0.500. The maximum atomic E-state index is 10.1. The molecule has 0 radical (unpaired) electrons. The van der Waals surface area contributed by atoms with Crippen molar-refractivity contribution in [1.82, 2.24) is 0 Å². The van der Waals surface area contributed by atoms with Crippen molar-refractivity contribution in [3.8, 4) is 0 Å². The van der Waals surface area contributed by atoms with Gasteiger partial charge in [0.15, 0.2) is 0 Å². The molecule has 1 N–H and O–H groups in total. The summed E-state index contributed by atoms with van der Waals surface area (Å²) < 4.78 is 0. The summed E-state index contributed by atoms with van der Waals surface area (Å²) in [6.45, 7) is 6.14. The van der Waals surface area contributed by atoms with E-state index in [4.69, 9.17) is 0 Å². The van der Waals surface area contributed by atoms with Gasteiger partial charge in [-0.3, -0.25) is 0 Å². The van der Waals surface area contributed by atoms with Crippen molar-refractivity contribution < 1.29 is 5.11 Å². The lowest BCUT2D eigenvalue weighted by atomic mass is 9.85. The minimum atomic E-state index is -0.394. The van der Waals surface area contributed by atoms with Crippen molar-refractivity contribution in [2.75, 3.05) is 6.26 Å². The van der Waals surface area contributed by atoms with E-state index in [1.165, 1.54) is 4.90 Å². The summed E-state index contributed by atoms with van der Waals surface area (Å²) in [7, 11) is 0. The summed E-state index contributed by atoms with van der Waals surface area (Å²) in [6.07, 6.45) is 1.65. The van der Waals surface area contributed by atoms with Gasteiger partial charge in [-0.25, -0.2) is 0 Å². The zero-order valence-corrected chi connectivity index (χ0v) is 10.1. The summed E-state index contributed by atoms with van der Waals surface area (Å²) >= 11 is 1.70. The predicted octanol–water partition coefficient (Wildman–Crippen LogP) is 3.49. The zero-order chi connectivity index (χ0) is 10.8. The molecule has 1 aromatic carbocycles. The van der Waals surface area contributed by atoms with Crippen LogP contribution in [-0.4, -0.2) is 11.4 Å². The smallest absolute Gasteiger partial charge is 0.0838 e. The number of hydrogen-bond donors (Lipinski definition) is 1. The van der Waals surface area contributed by atoms with Crippen LogP contribution in [0, 0.1) is 5.41 Å². The summed E-state index contributed by atoms with van der Waals surface area (Å²) in [5.41, 5.74) is 0.904. The molecular formula is C12H18OS. The Bertz CT molecular complexity index is 301. The Hall–Kier alpha value is -0.470. The molecule has 14 heavy (non-hydrogen) atoms. The fourth-order valence-electron chi connectivity index (χ4n) is 1.31. The topological polar surface area (TPSA) is 20.2 Å². The second-order valence-corrected chi connectivity index (χ2v) is 5.42. The molecular weight excluding hydrogens is 192 g/mol. The Morgan fingerprint density at radius 1 is 1.29 bits per heavy atom. The molecule has 0 bridgehead atoms. The SMILES string of the molecule is CSc1cccc(C(O)C(C)(C)C)c1. The van der Waals surface area contributed by atoms with Gasteiger partial charge in [-0.05, 0) is 29.4 Å². The van der Waals surface area contributed by atoms with Gasteiger partial charge in [-0.15, -0.1) is 11.8 Å². The van der Waals surface area contributed by atoms with Gasteiger partial charge in [-0.2, -0.15) is 0 Å². The quantitative estimate of drug-likeness (QED) is 0.754. The predicted molar refractivity (Wildman–Crippen MR) is 62.6 cm³/mol. The molecule has 78 valence electrons. The largest absolute Gasteiger partial charge is 0.388 e. The van der Waals surface area contributed by atoms with E-state index in [-0.39, 0.29) is 5.41 Å². The highest BCUT2D eigenvalue weighted by Crippen LogP contribution is 2.33. The van der Waals surface area contributed by atoms with Crippen LogP contribution in [-0.2, 0) is 0 Å². The molecule has 2 heteroatoms. The number of aliphatic hydroxyl groups excluding tert-OH is 1. The molecule has 1 unspecified atom stereocenters. The van der Waals surface area contributed by atoms with Crippen LogP contribution in [0.15, 0.2) is 29.2 Å². The minimum Gasteiger partial charge on any atom is -0.388 e. The first kappa shape index (κ1) is 11.6. The van der Waals surface area contributed by atoms with E-state index in [2.05, 4.69) is 12.1 Å². The molecule has 1 atom stereocenters. The summed E-state index contributed by atoms with van der Waals surface area (Å²) in [5, 5.41) is 10.1. The van der Waals surface area contributed by atoms with Gasteiger partial charge in [0.2, 0.25) is 0 Å². The number of aliphatic hydroxyl groups is 1. The van der Waals surface area contributed by atoms with Crippen LogP contribution in [0.1, 0.15) is 32.4 Å². The van der Waals surface area contributed by atoms with Crippen molar-refractivity contribution >= 4 is 11.8 Å². The molecule has 0 heterocycles. The normalized spacial score (nSPS) is 14.1. The van der Waals surface area contributed by atoms with Gasteiger partial charge in [0.05, 0.1) is 6.10 Å². The van der Waals surface area contributed by atoms with Crippen molar-refractivity contribution in [2.45, 2.75) is 31.8 Å². The molecule has 0 aliphatic heterocycles. The van der Waals surface area contributed by atoms with Gasteiger partial charge in [0.25, 0.3) is 0 Å². The van der Waals surface area contributed by atoms with Crippen molar-refractivity contribution in [3.63, 3.8) is 0 Å². The van der Waals surface area contributed by atoms with Crippen LogP contribution >= 0.6 is 11.8 Å². The van der Waals surface area contributed by atoms with E-state index in [0.717, 1.165) is 5.56 Å². The Kier molecular flexibility index (Phi) is 3.62. The molecule has 0 aliphatic rings. The van der Waals surface area contributed by atoms with E-state index >= 15 is 0 Å². The average molecular weight is 210 g/mol. The van der Waals surface area contributed by atoms with Crippen LogP contribution in [0.2, 0.25) is 0 Å². The number of hydrogen-bond acceptors (Lipinski definition) is 2. The third-order valence-electron chi connectivity index (χ3n) is 2.23. The number of thioether (sulfide) groups is 1. The number of benzene rings is 1. The molecule has 0 aromatic heterocycles. The van der Waals surface area contributed by atoms with E-state index in [1.807, 2.05) is 39.2 Å². The lowest BCUT2D eigenvalue weighted by Crippen LogP contribution is -2.17. The van der Waals surface area contributed by atoms with Crippen molar-refractivity contribution in [2.24, 2.45) is 5.41 Å². The van der Waals surface area contributed by atoms with Gasteiger partial charge >= 0.3 is 0 Å². The summed E-state index contributed by atoms with van der Waals surface area (Å²) in [6, 6.07) is 8.09. The highest BCUT2D eigenvalue weighted by molar-refractivity contribution is 7.98. The molecule has 1 aromatic rings. The highest BCUT2D eigenvalue weighted by Gasteiger charge is 2.23. The standard InChI is InChI=1S/C12H18OS/c1-12(2,3)11(13)9-6-5-7-10(8-9)14-4/h5-8,11,13H,1-4H3. The van der Waals surface area contributed by atoms with Gasteiger partial charge in [-0.1, -0.05) is 32.9 Å². The van der Waals surface area contributed by atoms with Gasteiger partial charge < -0.3 is 5.11 Å². The summed E-state index contributed by atoms with van der Waals surface area (Å²) in [4.78, 5) is 1.20. The second kappa shape index (κ2) is 4.37. The maximum absolute atomic E-state index is 10.1. The third kappa shape index (κ3) is 2.76. The Balaban J connectivity index is 2.95. The molecule has 0 amide bonds. The van der Waals surface area contributed by atoms with Gasteiger partial charge in [0, 0.05) is 4.90 Å². The van der Waals surface area contributed by atoms with Crippen LogP contribution in [0.4, 0.5) is 0 Å². The van der Waals surface area contributed by atoms with Crippen molar-refractivity contribution in [3.05, 3.63) is 29.8 Å². The fourth-order valence-corrected chi connectivity index (χ4v) is 1.78. The molecule has 1 nitrogen and oxygen atoms in total. The monoisotopic (exact) mass is 210 g/mol. The molecule has 0 spiro atoms. The van der Waals surface area contributed by atoms with Crippen molar-refractivity contribution in [1.29, 1.82) is 0 Å². The molecule has 0 fully saturated rings. The first-order valence-electron chi connectivity index (χ1n) is 4.77. The van der Waals surface area contributed by atoms with Crippen LogP contribution in [0.5, 0.6) is 0 Å². The first-order valence-corrected chi connectivity index (χ1v) is 5.99. The van der Waals surface area contributed by atoms with Gasteiger partial charge in [0.1, 0.15) is 0 Å². The minimum absolute atomic E-state index is 0.100. The average Bonchev–Trinajstić information content (AvgIpc) is 2.15. The van der Waals surface area contributed by atoms with E-state index < -0.39 is 6.10 Å². The molecule has 0 saturated carbocycles. The van der Waals surface area contributed by atoms with E-state index in [9.17, 15) is 5.11 Å². The Morgan fingerprint density at radius 2 is 1.93 bits per heavy atom. The maximum Gasteiger partial charge on any atom is 0.0838 e. The lowest BCUT2D eigenvalue weighted by molar-refractivity contribution is 0.0625. The summed E-state index contributed by atoms with van der Waals surface area (Å²) in [5.74, 6) is 0. The highest BCUT2D eigenvalue weighted by atomic mass is 32.2. The van der Waals surface area contributed by atoms with Crippen LogP contribution < -0.4 is 0 Å². The number of rotatable bonds is 2. The van der Waals surface area contributed by atoms with E-state index in [0.29, 0.717) is 0 Å². The molecule has 0 aliphatic carbocycles. The zero-order valence-electron chi connectivity index (χ0n) is 9.24. The van der Waals surface area contributed by atoms with E-state index in [1.54, 1.807) is 11.8 Å². The Labute approximate surface area is 90.5 Å². The molecule has 0 saturated heterocycles. The molecule has 1 rings (SSSR count). The Morgan fingerprint density at radius 3 is 2.43 bits per heavy atom. The first-order chi connectivity index (χ1) is 6.45. The lowest BCUT2D eigenvalue weighted by Gasteiger charge is -2.26.